The molecule has 0 fully saturated rings. The van der Waals surface area contributed by atoms with Crippen LogP contribution in [0.5, 0.6) is 5.75 Å². The maximum atomic E-state index is 6.49. The number of fused-ring (bicyclic) bond motifs is 1. The molecule has 0 saturated heterocycles. The number of nitrogens with zero attached hydrogens (tertiary/aromatic N) is 4. The summed E-state index contributed by atoms with van der Waals surface area (Å²) in [6.07, 6.45) is 3.60. The Labute approximate surface area is 198 Å². The molecule has 2 aromatic carbocycles. The summed E-state index contributed by atoms with van der Waals surface area (Å²) in [6, 6.07) is 11.7. The van der Waals surface area contributed by atoms with Gasteiger partial charge < -0.3 is 20.4 Å². The summed E-state index contributed by atoms with van der Waals surface area (Å²) < 4.78 is 7.61. The molecular formula is C25H25ClN6O. The summed E-state index contributed by atoms with van der Waals surface area (Å²) in [6.45, 7) is 0.636. The Hall–Kier alpha value is -3.73. The number of ether oxygens (including phenoxy) is 1. The normalized spacial score (nSPS) is 10.8. The first kappa shape index (κ1) is 22.5. The Balaban J connectivity index is 1.70. The van der Waals surface area contributed by atoms with Crippen LogP contribution in [0, 0.1) is 11.8 Å². The van der Waals surface area contributed by atoms with E-state index >= 15 is 0 Å². The molecule has 4 aromatic rings. The lowest BCUT2D eigenvalue weighted by atomic mass is 10.1. The van der Waals surface area contributed by atoms with Crippen LogP contribution in [-0.4, -0.2) is 47.2 Å². The first-order valence-corrected chi connectivity index (χ1v) is 10.7. The van der Waals surface area contributed by atoms with Crippen molar-refractivity contribution >= 4 is 39.8 Å². The highest BCUT2D eigenvalue weighted by molar-refractivity contribution is 6.33. The van der Waals surface area contributed by atoms with Gasteiger partial charge in [0.25, 0.3) is 0 Å². The zero-order chi connectivity index (χ0) is 23.5. The van der Waals surface area contributed by atoms with E-state index in [9.17, 15) is 0 Å². The average Bonchev–Trinajstić information content (AvgIpc) is 3.13. The van der Waals surface area contributed by atoms with Crippen LogP contribution in [0.4, 0.5) is 17.3 Å². The highest BCUT2D eigenvalue weighted by atomic mass is 35.5. The molecule has 7 nitrogen and oxygen atoms in total. The lowest BCUT2D eigenvalue weighted by Gasteiger charge is -2.13. The summed E-state index contributed by atoms with van der Waals surface area (Å²) >= 11 is 6.49. The predicted octanol–water partition coefficient (Wildman–Crippen LogP) is 4.54. The molecule has 0 spiro atoms. The fourth-order valence-corrected chi connectivity index (χ4v) is 3.72. The van der Waals surface area contributed by atoms with Crippen molar-refractivity contribution in [2.24, 2.45) is 7.05 Å². The van der Waals surface area contributed by atoms with Crippen molar-refractivity contribution in [2.75, 3.05) is 38.8 Å². The summed E-state index contributed by atoms with van der Waals surface area (Å²) in [5, 5.41) is 4.74. The minimum Gasteiger partial charge on any atom is -0.495 e. The van der Waals surface area contributed by atoms with Crippen LogP contribution in [0.1, 0.15) is 5.56 Å². The molecular weight excluding hydrogens is 436 g/mol. The third-order valence-electron chi connectivity index (χ3n) is 5.13. The second-order valence-corrected chi connectivity index (χ2v) is 8.27. The van der Waals surface area contributed by atoms with Crippen LogP contribution in [-0.2, 0) is 7.05 Å². The Morgan fingerprint density at radius 3 is 2.79 bits per heavy atom. The van der Waals surface area contributed by atoms with Crippen LogP contribution >= 0.6 is 11.6 Å². The van der Waals surface area contributed by atoms with Crippen LogP contribution in [0.25, 0.3) is 22.2 Å². The van der Waals surface area contributed by atoms with Gasteiger partial charge in [-0.15, -0.1) is 0 Å². The minimum absolute atomic E-state index is 0.381. The number of nitrogen functional groups attached to an aromatic ring is 1. The van der Waals surface area contributed by atoms with E-state index in [0.717, 1.165) is 16.5 Å². The smallest absolute Gasteiger partial charge is 0.227 e. The van der Waals surface area contributed by atoms with Gasteiger partial charge in [0.05, 0.1) is 41.8 Å². The molecule has 2 aromatic heterocycles. The topological polar surface area (TPSA) is 81.2 Å². The van der Waals surface area contributed by atoms with E-state index in [2.05, 4.69) is 38.8 Å². The lowest BCUT2D eigenvalue weighted by molar-refractivity contribution is 0.416. The molecule has 3 N–H and O–H groups in total. The van der Waals surface area contributed by atoms with Gasteiger partial charge in [0.2, 0.25) is 5.95 Å². The number of para-hydroxylation sites is 1. The predicted molar refractivity (Wildman–Crippen MR) is 135 cm³/mol. The largest absolute Gasteiger partial charge is 0.495 e. The van der Waals surface area contributed by atoms with Crippen molar-refractivity contribution in [2.45, 2.75) is 0 Å². The number of hydrogen-bond acceptors (Lipinski definition) is 6. The van der Waals surface area contributed by atoms with Crippen LogP contribution in [0.3, 0.4) is 0 Å². The van der Waals surface area contributed by atoms with Gasteiger partial charge in [-0.25, -0.2) is 9.97 Å². The molecule has 33 heavy (non-hydrogen) atoms. The summed E-state index contributed by atoms with van der Waals surface area (Å²) in [7, 11) is 7.52. The zero-order valence-electron chi connectivity index (χ0n) is 19.0. The molecule has 4 rings (SSSR count). The third-order valence-corrected chi connectivity index (χ3v) is 5.41. The van der Waals surface area contributed by atoms with Crippen molar-refractivity contribution in [1.82, 2.24) is 19.4 Å². The second-order valence-electron chi connectivity index (χ2n) is 7.87. The number of aromatic nitrogens is 3. The number of benzene rings is 2. The molecule has 8 heteroatoms. The quantitative estimate of drug-likeness (QED) is 0.336. The van der Waals surface area contributed by atoms with Gasteiger partial charge in [-0.1, -0.05) is 41.6 Å². The number of anilines is 3. The molecule has 0 radical (unpaired) electrons. The molecule has 2 heterocycles. The summed E-state index contributed by atoms with van der Waals surface area (Å²) in [5.74, 6) is 7.15. The number of hydrogen-bond donors (Lipinski definition) is 2. The molecule has 0 aliphatic carbocycles. The van der Waals surface area contributed by atoms with Gasteiger partial charge in [0.15, 0.2) is 0 Å². The fourth-order valence-electron chi connectivity index (χ4n) is 3.53. The lowest BCUT2D eigenvalue weighted by Crippen LogP contribution is -2.10. The fraction of sp³-hybridized carbons (Fsp3) is 0.200. The van der Waals surface area contributed by atoms with Gasteiger partial charge in [-0.05, 0) is 26.2 Å². The zero-order valence-corrected chi connectivity index (χ0v) is 19.7. The van der Waals surface area contributed by atoms with Gasteiger partial charge in [0, 0.05) is 41.5 Å². The number of rotatable bonds is 5. The first-order chi connectivity index (χ1) is 15.9. The number of halogens is 1. The minimum atomic E-state index is 0.381. The van der Waals surface area contributed by atoms with E-state index in [4.69, 9.17) is 27.1 Å². The van der Waals surface area contributed by atoms with E-state index < -0.39 is 0 Å². The molecule has 0 aliphatic rings. The van der Waals surface area contributed by atoms with Crippen molar-refractivity contribution in [3.8, 4) is 28.8 Å². The molecule has 0 atom stereocenters. The van der Waals surface area contributed by atoms with E-state index in [1.54, 1.807) is 19.4 Å². The highest BCUT2D eigenvalue weighted by Gasteiger charge is 2.16. The van der Waals surface area contributed by atoms with Crippen molar-refractivity contribution in [1.29, 1.82) is 0 Å². The van der Waals surface area contributed by atoms with Gasteiger partial charge >= 0.3 is 0 Å². The maximum Gasteiger partial charge on any atom is 0.227 e. The summed E-state index contributed by atoms with van der Waals surface area (Å²) in [5.41, 5.74) is 10.8. The molecule has 0 amide bonds. The standard InChI is InChI=1S/C25H25ClN6O/c1-31(2)11-7-8-16-12-23(33-4)21(13-20(16)27)29-25-28-14-19(26)24(30-25)18-15-32(3)22-10-6-5-9-17(18)22/h5-6,9-10,12-15H,11,27H2,1-4H3,(H,28,29,30). The van der Waals surface area contributed by atoms with E-state index in [0.29, 0.717) is 45.9 Å². The summed E-state index contributed by atoms with van der Waals surface area (Å²) in [4.78, 5) is 11.0. The van der Waals surface area contributed by atoms with Crippen molar-refractivity contribution in [3.63, 3.8) is 0 Å². The molecule has 168 valence electrons. The Bertz CT molecular complexity index is 1380. The number of nitrogens with two attached hydrogens (primary N) is 1. The van der Waals surface area contributed by atoms with E-state index in [1.165, 1.54) is 0 Å². The Morgan fingerprint density at radius 2 is 2.03 bits per heavy atom. The average molecular weight is 461 g/mol. The SMILES string of the molecule is COc1cc(C#CCN(C)C)c(N)cc1Nc1ncc(Cl)c(-c2cn(C)c3ccccc23)n1. The van der Waals surface area contributed by atoms with Crippen LogP contribution in [0.2, 0.25) is 5.02 Å². The highest BCUT2D eigenvalue weighted by Crippen LogP contribution is 2.35. The van der Waals surface area contributed by atoms with Crippen LogP contribution < -0.4 is 15.8 Å². The number of nitrogens with one attached hydrogen (secondary N) is 1. The van der Waals surface area contributed by atoms with E-state index in [1.807, 2.05) is 50.4 Å². The van der Waals surface area contributed by atoms with Gasteiger partial charge in [0.1, 0.15) is 5.75 Å². The van der Waals surface area contributed by atoms with Crippen molar-refractivity contribution < 1.29 is 4.74 Å². The Morgan fingerprint density at radius 1 is 1.24 bits per heavy atom. The molecule has 0 saturated carbocycles. The third kappa shape index (κ3) is 4.72. The Kier molecular flexibility index (Phi) is 6.40. The maximum absolute atomic E-state index is 6.49. The van der Waals surface area contributed by atoms with Gasteiger partial charge in [-0.2, -0.15) is 0 Å². The second kappa shape index (κ2) is 9.41. The monoisotopic (exact) mass is 460 g/mol. The van der Waals surface area contributed by atoms with Crippen molar-refractivity contribution in [3.05, 3.63) is 59.4 Å². The molecule has 0 unspecified atom stereocenters. The molecule has 0 bridgehead atoms. The molecule has 0 aliphatic heterocycles. The van der Waals surface area contributed by atoms with E-state index in [-0.39, 0.29) is 0 Å². The first-order valence-electron chi connectivity index (χ1n) is 10.3. The number of methoxy groups -OCH3 is 1. The number of aryl methyl sites for hydroxylation is 1. The van der Waals surface area contributed by atoms with Crippen LogP contribution in [0.15, 0.2) is 48.8 Å². The van der Waals surface area contributed by atoms with Gasteiger partial charge in [-0.3, -0.25) is 4.90 Å².